The molecule has 0 saturated heterocycles. The van der Waals surface area contributed by atoms with E-state index in [4.69, 9.17) is 5.73 Å². The van der Waals surface area contributed by atoms with Crippen LogP contribution < -0.4 is 11.1 Å². The molecule has 0 atom stereocenters. The highest BCUT2D eigenvalue weighted by Gasteiger charge is 2.11. The van der Waals surface area contributed by atoms with Crippen LogP contribution in [0.3, 0.4) is 0 Å². The summed E-state index contributed by atoms with van der Waals surface area (Å²) in [6.45, 7) is 1.70. The number of anilines is 2. The molecule has 0 aliphatic rings. The van der Waals surface area contributed by atoms with Crippen LogP contribution in [-0.4, -0.2) is 11.0 Å². The van der Waals surface area contributed by atoms with E-state index in [1.807, 2.05) is 0 Å². The van der Waals surface area contributed by atoms with Crippen LogP contribution in [0.25, 0.3) is 0 Å². The van der Waals surface area contributed by atoms with Gasteiger partial charge in [-0.25, -0.2) is 0 Å². The number of phenols is 1. The minimum atomic E-state index is -0.273. The van der Waals surface area contributed by atoms with Gasteiger partial charge in [0, 0.05) is 27.0 Å². The number of halogens is 1. The van der Waals surface area contributed by atoms with E-state index >= 15 is 0 Å². The van der Waals surface area contributed by atoms with Crippen LogP contribution in [0.5, 0.6) is 5.75 Å². The lowest BCUT2D eigenvalue weighted by Crippen LogP contribution is -2.13. The van der Waals surface area contributed by atoms with E-state index in [-0.39, 0.29) is 11.7 Å². The minimum absolute atomic E-state index is 0.103. The second kappa shape index (κ2) is 5.32. The van der Waals surface area contributed by atoms with E-state index in [0.717, 1.165) is 4.47 Å². The first kappa shape index (κ1) is 13.4. The van der Waals surface area contributed by atoms with Gasteiger partial charge in [0.1, 0.15) is 5.75 Å². The Morgan fingerprint density at radius 3 is 2.74 bits per heavy atom. The maximum atomic E-state index is 12.1. The lowest BCUT2D eigenvalue weighted by Gasteiger charge is -2.09. The fourth-order valence-corrected chi connectivity index (χ4v) is 2.05. The molecule has 0 radical (unpaired) electrons. The number of aromatic hydroxyl groups is 1. The highest BCUT2D eigenvalue weighted by Crippen LogP contribution is 2.25. The molecule has 1 amide bonds. The van der Waals surface area contributed by atoms with Crippen LogP contribution in [-0.2, 0) is 0 Å². The molecule has 4 N–H and O–H groups in total. The van der Waals surface area contributed by atoms with Crippen molar-refractivity contribution >= 4 is 33.2 Å². The molecule has 0 aromatic heterocycles. The van der Waals surface area contributed by atoms with Crippen molar-refractivity contribution in [3.05, 3.63) is 52.0 Å². The van der Waals surface area contributed by atoms with E-state index in [2.05, 4.69) is 21.2 Å². The second-order valence-corrected chi connectivity index (χ2v) is 4.99. The van der Waals surface area contributed by atoms with E-state index in [1.165, 1.54) is 0 Å². The number of amides is 1. The number of phenolic OH excluding ortho intramolecular Hbond substituents is 1. The van der Waals surface area contributed by atoms with Crippen molar-refractivity contribution in [3.63, 3.8) is 0 Å². The molecule has 2 aromatic carbocycles. The Bertz CT molecular complexity index is 641. The van der Waals surface area contributed by atoms with Crippen molar-refractivity contribution in [2.45, 2.75) is 6.92 Å². The van der Waals surface area contributed by atoms with Crippen LogP contribution in [0, 0.1) is 6.92 Å². The van der Waals surface area contributed by atoms with E-state index in [9.17, 15) is 9.90 Å². The summed E-state index contributed by atoms with van der Waals surface area (Å²) in [4.78, 5) is 12.1. The molecule has 0 spiro atoms. The SMILES string of the molecule is Cc1c(O)cccc1C(=O)Nc1ccc(N)c(Br)c1. The Morgan fingerprint density at radius 2 is 2.05 bits per heavy atom. The Labute approximate surface area is 119 Å². The Kier molecular flexibility index (Phi) is 3.76. The number of hydrogen-bond donors (Lipinski definition) is 3. The molecule has 98 valence electrons. The number of carbonyl (C=O) groups excluding carboxylic acids is 1. The topological polar surface area (TPSA) is 75.3 Å². The van der Waals surface area contributed by atoms with Crippen LogP contribution in [0.1, 0.15) is 15.9 Å². The summed E-state index contributed by atoms with van der Waals surface area (Å²) in [6, 6.07) is 10.00. The Balaban J connectivity index is 2.26. The van der Waals surface area contributed by atoms with Gasteiger partial charge in [-0.2, -0.15) is 0 Å². The maximum absolute atomic E-state index is 12.1. The molecule has 5 heteroatoms. The first-order chi connectivity index (χ1) is 8.99. The number of hydrogen-bond acceptors (Lipinski definition) is 3. The molecule has 0 heterocycles. The second-order valence-electron chi connectivity index (χ2n) is 4.14. The van der Waals surface area contributed by atoms with Gasteiger partial charge >= 0.3 is 0 Å². The summed E-state index contributed by atoms with van der Waals surface area (Å²) in [5.41, 5.74) is 7.91. The lowest BCUT2D eigenvalue weighted by atomic mass is 10.1. The fraction of sp³-hybridized carbons (Fsp3) is 0.0714. The first-order valence-corrected chi connectivity index (χ1v) is 6.43. The third kappa shape index (κ3) is 2.88. The molecule has 0 bridgehead atoms. The zero-order valence-electron chi connectivity index (χ0n) is 10.3. The monoisotopic (exact) mass is 320 g/mol. The van der Waals surface area contributed by atoms with Gasteiger partial charge < -0.3 is 16.2 Å². The zero-order chi connectivity index (χ0) is 14.0. The Hall–Kier alpha value is -2.01. The molecule has 2 rings (SSSR count). The van der Waals surface area contributed by atoms with Crippen molar-refractivity contribution < 1.29 is 9.90 Å². The Morgan fingerprint density at radius 1 is 1.32 bits per heavy atom. The molecule has 2 aromatic rings. The average Bonchev–Trinajstić information content (AvgIpc) is 2.37. The summed E-state index contributed by atoms with van der Waals surface area (Å²) in [6.07, 6.45) is 0. The molecule has 4 nitrogen and oxygen atoms in total. The molecule has 0 unspecified atom stereocenters. The quantitative estimate of drug-likeness (QED) is 0.743. The van der Waals surface area contributed by atoms with Gasteiger partial charge in [-0.15, -0.1) is 0 Å². The van der Waals surface area contributed by atoms with Gasteiger partial charge in [0.2, 0.25) is 0 Å². The largest absolute Gasteiger partial charge is 0.508 e. The summed E-state index contributed by atoms with van der Waals surface area (Å²) in [5, 5.41) is 12.4. The smallest absolute Gasteiger partial charge is 0.256 e. The summed E-state index contributed by atoms with van der Waals surface area (Å²) < 4.78 is 0.720. The predicted octanol–water partition coefficient (Wildman–Crippen LogP) is 3.30. The first-order valence-electron chi connectivity index (χ1n) is 5.64. The molecule has 0 aliphatic carbocycles. The molecular weight excluding hydrogens is 308 g/mol. The van der Waals surface area contributed by atoms with Crippen LogP contribution in [0.15, 0.2) is 40.9 Å². The number of nitrogens with two attached hydrogens (primary N) is 1. The van der Waals surface area contributed by atoms with Crippen molar-refractivity contribution in [2.75, 3.05) is 11.1 Å². The molecular formula is C14H13BrN2O2. The number of rotatable bonds is 2. The minimum Gasteiger partial charge on any atom is -0.508 e. The maximum Gasteiger partial charge on any atom is 0.256 e. The third-order valence-electron chi connectivity index (χ3n) is 2.81. The number of carbonyl (C=O) groups is 1. The predicted molar refractivity (Wildman–Crippen MR) is 79.4 cm³/mol. The van der Waals surface area contributed by atoms with Gasteiger partial charge in [0.15, 0.2) is 0 Å². The molecule has 0 saturated carbocycles. The summed E-state index contributed by atoms with van der Waals surface area (Å²) in [5.74, 6) is -0.170. The van der Waals surface area contributed by atoms with E-state index in [0.29, 0.717) is 22.5 Å². The number of nitrogen functional groups attached to an aromatic ring is 1. The number of nitrogens with one attached hydrogen (secondary N) is 1. The van der Waals surface area contributed by atoms with Crippen molar-refractivity contribution in [1.29, 1.82) is 0 Å². The van der Waals surface area contributed by atoms with Gasteiger partial charge in [0.25, 0.3) is 5.91 Å². The van der Waals surface area contributed by atoms with Crippen molar-refractivity contribution in [2.24, 2.45) is 0 Å². The van der Waals surface area contributed by atoms with Crippen molar-refractivity contribution in [3.8, 4) is 5.75 Å². The molecule has 0 fully saturated rings. The summed E-state index contributed by atoms with van der Waals surface area (Å²) in [7, 11) is 0. The number of benzene rings is 2. The highest BCUT2D eigenvalue weighted by molar-refractivity contribution is 9.10. The van der Waals surface area contributed by atoms with Gasteiger partial charge in [-0.3, -0.25) is 4.79 Å². The van der Waals surface area contributed by atoms with E-state index in [1.54, 1.807) is 43.3 Å². The molecule has 0 aliphatic heterocycles. The van der Waals surface area contributed by atoms with Crippen molar-refractivity contribution in [1.82, 2.24) is 0 Å². The van der Waals surface area contributed by atoms with Gasteiger partial charge in [0.05, 0.1) is 0 Å². The third-order valence-corrected chi connectivity index (χ3v) is 3.49. The normalized spacial score (nSPS) is 10.2. The van der Waals surface area contributed by atoms with E-state index < -0.39 is 0 Å². The van der Waals surface area contributed by atoms with Gasteiger partial charge in [-0.1, -0.05) is 6.07 Å². The standard InChI is InChI=1S/C14H13BrN2O2/c1-8-10(3-2-4-13(8)18)14(19)17-9-5-6-12(16)11(15)7-9/h2-7,18H,16H2,1H3,(H,17,19). The van der Waals surface area contributed by atoms with Crippen LogP contribution >= 0.6 is 15.9 Å². The van der Waals surface area contributed by atoms with Gasteiger partial charge in [-0.05, 0) is 53.2 Å². The lowest BCUT2D eigenvalue weighted by molar-refractivity contribution is 0.102. The fourth-order valence-electron chi connectivity index (χ4n) is 1.67. The summed E-state index contributed by atoms with van der Waals surface area (Å²) >= 11 is 3.30. The highest BCUT2D eigenvalue weighted by atomic mass is 79.9. The average molecular weight is 321 g/mol. The van der Waals surface area contributed by atoms with Crippen LogP contribution in [0.4, 0.5) is 11.4 Å². The zero-order valence-corrected chi connectivity index (χ0v) is 11.9. The van der Waals surface area contributed by atoms with Crippen LogP contribution in [0.2, 0.25) is 0 Å². The molecule has 19 heavy (non-hydrogen) atoms.